The molecule has 5 nitrogen and oxygen atoms in total. The van der Waals surface area contributed by atoms with Crippen LogP contribution in [0, 0.1) is 0 Å². The lowest BCUT2D eigenvalue weighted by atomic mass is 9.97. The highest BCUT2D eigenvalue weighted by Gasteiger charge is 2.37. The van der Waals surface area contributed by atoms with Gasteiger partial charge in [-0.3, -0.25) is 9.78 Å². The first-order valence-electron chi connectivity index (χ1n) is 7.78. The molecule has 2 bridgehead atoms. The smallest absolute Gasteiger partial charge is 0.257 e. The normalized spacial score (nSPS) is 27.4. The molecule has 0 aromatic carbocycles. The first-order valence-corrected chi connectivity index (χ1v) is 7.78. The van der Waals surface area contributed by atoms with Gasteiger partial charge in [0, 0.05) is 30.9 Å². The fourth-order valence-corrected chi connectivity index (χ4v) is 3.72. The summed E-state index contributed by atoms with van der Waals surface area (Å²) in [5.74, 6) is 0.612. The summed E-state index contributed by atoms with van der Waals surface area (Å²) in [6.45, 7) is 2.78. The molecule has 1 aromatic rings. The lowest BCUT2D eigenvalue weighted by Crippen LogP contribution is -2.50. The van der Waals surface area contributed by atoms with Gasteiger partial charge in [0.25, 0.3) is 5.91 Å². The Hall–Kier alpha value is -1.62. The standard InChI is InChI=1S/C16H23N3O2/c1-3-19(13-8-11-4-5-12(9-13)18-11)16(20)14-6-7-17-10-15(14)21-2/h6-7,10-13,18H,3-5,8-9H2,1-2H3. The van der Waals surface area contributed by atoms with Crippen LogP contribution >= 0.6 is 0 Å². The van der Waals surface area contributed by atoms with Crippen LogP contribution in [-0.4, -0.2) is 47.6 Å². The Morgan fingerprint density at radius 3 is 2.76 bits per heavy atom. The minimum atomic E-state index is 0.0584. The van der Waals surface area contributed by atoms with Crippen molar-refractivity contribution in [3.8, 4) is 5.75 Å². The Morgan fingerprint density at radius 1 is 1.43 bits per heavy atom. The van der Waals surface area contributed by atoms with E-state index in [2.05, 4.69) is 17.2 Å². The summed E-state index contributed by atoms with van der Waals surface area (Å²) < 4.78 is 5.28. The summed E-state index contributed by atoms with van der Waals surface area (Å²) in [6, 6.07) is 3.24. The molecule has 21 heavy (non-hydrogen) atoms. The van der Waals surface area contributed by atoms with Gasteiger partial charge in [-0.25, -0.2) is 0 Å². The monoisotopic (exact) mass is 289 g/mol. The van der Waals surface area contributed by atoms with Crippen molar-refractivity contribution in [2.24, 2.45) is 0 Å². The van der Waals surface area contributed by atoms with Crippen LogP contribution in [-0.2, 0) is 0 Å². The fraction of sp³-hybridized carbons (Fsp3) is 0.625. The van der Waals surface area contributed by atoms with E-state index in [0.717, 1.165) is 19.4 Å². The van der Waals surface area contributed by atoms with Crippen molar-refractivity contribution >= 4 is 5.91 Å². The van der Waals surface area contributed by atoms with E-state index in [0.29, 0.717) is 29.4 Å². The van der Waals surface area contributed by atoms with E-state index in [9.17, 15) is 4.79 Å². The molecule has 2 saturated heterocycles. The number of fused-ring (bicyclic) bond motifs is 2. The van der Waals surface area contributed by atoms with Crippen LogP contribution in [0.5, 0.6) is 5.75 Å². The summed E-state index contributed by atoms with van der Waals surface area (Å²) in [5.41, 5.74) is 0.611. The third-order valence-electron chi connectivity index (χ3n) is 4.73. The average molecular weight is 289 g/mol. The van der Waals surface area contributed by atoms with Crippen molar-refractivity contribution in [2.45, 2.75) is 50.7 Å². The van der Waals surface area contributed by atoms with Gasteiger partial charge in [0.1, 0.15) is 5.75 Å². The zero-order valence-corrected chi connectivity index (χ0v) is 12.7. The van der Waals surface area contributed by atoms with Crippen molar-refractivity contribution in [2.75, 3.05) is 13.7 Å². The first-order chi connectivity index (χ1) is 10.2. The van der Waals surface area contributed by atoms with Gasteiger partial charge in [0.2, 0.25) is 0 Å². The minimum absolute atomic E-state index is 0.0584. The summed E-state index contributed by atoms with van der Waals surface area (Å²) in [4.78, 5) is 18.9. The molecule has 1 amide bonds. The van der Waals surface area contributed by atoms with Crippen molar-refractivity contribution in [1.82, 2.24) is 15.2 Å². The number of hydrogen-bond acceptors (Lipinski definition) is 4. The van der Waals surface area contributed by atoms with Gasteiger partial charge in [0.05, 0.1) is 18.9 Å². The molecule has 5 heteroatoms. The number of aromatic nitrogens is 1. The second kappa shape index (κ2) is 6.02. The maximum absolute atomic E-state index is 12.9. The molecule has 0 saturated carbocycles. The lowest BCUT2D eigenvalue weighted by molar-refractivity contribution is 0.0627. The van der Waals surface area contributed by atoms with E-state index in [1.807, 2.05) is 4.90 Å². The first kappa shape index (κ1) is 14.3. The molecule has 0 radical (unpaired) electrons. The molecule has 3 heterocycles. The van der Waals surface area contributed by atoms with E-state index < -0.39 is 0 Å². The molecular formula is C16H23N3O2. The van der Waals surface area contributed by atoms with Crippen LogP contribution in [0.25, 0.3) is 0 Å². The lowest BCUT2D eigenvalue weighted by Gasteiger charge is -2.37. The molecular weight excluding hydrogens is 266 g/mol. The zero-order chi connectivity index (χ0) is 14.8. The topological polar surface area (TPSA) is 54.5 Å². The quantitative estimate of drug-likeness (QED) is 0.919. The summed E-state index contributed by atoms with van der Waals surface area (Å²) >= 11 is 0. The molecule has 3 rings (SSSR count). The fourth-order valence-electron chi connectivity index (χ4n) is 3.72. The number of piperidine rings is 1. The van der Waals surface area contributed by atoms with Crippen LogP contribution in [0.1, 0.15) is 43.0 Å². The van der Waals surface area contributed by atoms with Gasteiger partial charge < -0.3 is 15.0 Å². The molecule has 2 unspecified atom stereocenters. The van der Waals surface area contributed by atoms with Crippen LogP contribution in [0.3, 0.4) is 0 Å². The number of carbonyl (C=O) groups excluding carboxylic acids is 1. The van der Waals surface area contributed by atoms with Gasteiger partial charge >= 0.3 is 0 Å². The van der Waals surface area contributed by atoms with E-state index in [1.165, 1.54) is 12.8 Å². The highest BCUT2D eigenvalue weighted by molar-refractivity contribution is 5.97. The van der Waals surface area contributed by atoms with Crippen molar-refractivity contribution in [3.63, 3.8) is 0 Å². The largest absolute Gasteiger partial charge is 0.494 e. The minimum Gasteiger partial charge on any atom is -0.494 e. The average Bonchev–Trinajstić information content (AvgIpc) is 2.86. The second-order valence-corrected chi connectivity index (χ2v) is 5.93. The Kier molecular flexibility index (Phi) is 4.10. The van der Waals surface area contributed by atoms with Crippen LogP contribution in [0.2, 0.25) is 0 Å². The SMILES string of the molecule is CCN(C(=O)c1ccncc1OC)C1CC2CCC(C1)N2. The van der Waals surface area contributed by atoms with Gasteiger partial charge in [-0.15, -0.1) is 0 Å². The van der Waals surface area contributed by atoms with Crippen molar-refractivity contribution in [1.29, 1.82) is 0 Å². The van der Waals surface area contributed by atoms with Gasteiger partial charge in [0.15, 0.2) is 0 Å². The Morgan fingerprint density at radius 2 is 2.14 bits per heavy atom. The number of nitrogens with zero attached hydrogens (tertiary/aromatic N) is 2. The maximum atomic E-state index is 12.9. The Balaban J connectivity index is 1.81. The number of amides is 1. The molecule has 114 valence electrons. The molecule has 1 N–H and O–H groups in total. The number of ether oxygens (including phenoxy) is 1. The molecule has 2 aliphatic rings. The summed E-state index contributed by atoms with van der Waals surface area (Å²) in [5, 5.41) is 3.63. The second-order valence-electron chi connectivity index (χ2n) is 5.93. The number of pyridine rings is 1. The maximum Gasteiger partial charge on any atom is 0.257 e. The molecule has 1 aromatic heterocycles. The molecule has 0 spiro atoms. The zero-order valence-electron chi connectivity index (χ0n) is 12.7. The highest BCUT2D eigenvalue weighted by atomic mass is 16.5. The summed E-state index contributed by atoms with van der Waals surface area (Å²) in [7, 11) is 1.58. The van der Waals surface area contributed by atoms with Crippen LogP contribution in [0.15, 0.2) is 18.5 Å². The molecule has 2 fully saturated rings. The van der Waals surface area contributed by atoms with E-state index in [1.54, 1.807) is 25.6 Å². The number of nitrogens with one attached hydrogen (secondary N) is 1. The third-order valence-corrected chi connectivity index (χ3v) is 4.73. The molecule has 0 aliphatic carbocycles. The number of methoxy groups -OCH3 is 1. The van der Waals surface area contributed by atoms with Crippen molar-refractivity contribution < 1.29 is 9.53 Å². The van der Waals surface area contributed by atoms with E-state index >= 15 is 0 Å². The van der Waals surface area contributed by atoms with Gasteiger partial charge in [-0.2, -0.15) is 0 Å². The van der Waals surface area contributed by atoms with E-state index in [-0.39, 0.29) is 5.91 Å². The molecule has 2 atom stereocenters. The third kappa shape index (κ3) is 2.75. The predicted octanol–water partition coefficient (Wildman–Crippen LogP) is 1.84. The van der Waals surface area contributed by atoms with Crippen LogP contribution in [0.4, 0.5) is 0 Å². The van der Waals surface area contributed by atoms with Crippen molar-refractivity contribution in [3.05, 3.63) is 24.0 Å². The Labute approximate surface area is 125 Å². The number of hydrogen-bond donors (Lipinski definition) is 1. The predicted molar refractivity (Wildman–Crippen MR) is 80.5 cm³/mol. The van der Waals surface area contributed by atoms with Gasteiger partial charge in [-0.05, 0) is 38.7 Å². The number of rotatable bonds is 4. The number of carbonyl (C=O) groups is 1. The van der Waals surface area contributed by atoms with E-state index in [4.69, 9.17) is 4.74 Å². The van der Waals surface area contributed by atoms with Crippen LogP contribution < -0.4 is 10.1 Å². The Bertz CT molecular complexity index is 508. The molecule has 2 aliphatic heterocycles. The highest BCUT2D eigenvalue weighted by Crippen LogP contribution is 2.31. The van der Waals surface area contributed by atoms with Gasteiger partial charge in [-0.1, -0.05) is 0 Å². The summed E-state index contributed by atoms with van der Waals surface area (Å²) in [6.07, 6.45) is 7.85.